The fourth-order valence-electron chi connectivity index (χ4n) is 3.56. The van der Waals surface area contributed by atoms with E-state index >= 15 is 0 Å². The zero-order valence-corrected chi connectivity index (χ0v) is 15.6. The smallest absolute Gasteiger partial charge is 0.159 e. The maximum atomic E-state index is 13.7. The number of aryl methyl sites for hydroxylation is 2. The lowest BCUT2D eigenvalue weighted by Gasteiger charge is -2.28. The standard InChI is InChI=1S/C19H20F2N4.ClH/c1-11-16(13-6-7-14(20)15(21)10-13)24-18-17(11)22-12(2)23-19(18)25-8-4-3-5-9-25;/h6-7,10,24H,3-5,8-9H2,1-2H3;1H. The van der Waals surface area contributed by atoms with Gasteiger partial charge >= 0.3 is 0 Å². The third kappa shape index (κ3) is 3.14. The molecule has 3 heterocycles. The number of nitrogens with one attached hydrogen (secondary N) is 1. The van der Waals surface area contributed by atoms with Gasteiger partial charge in [0, 0.05) is 24.2 Å². The van der Waals surface area contributed by atoms with Crippen molar-refractivity contribution >= 4 is 29.3 Å². The van der Waals surface area contributed by atoms with Gasteiger partial charge in [0.05, 0.1) is 11.2 Å². The molecule has 0 amide bonds. The van der Waals surface area contributed by atoms with Crippen molar-refractivity contribution in [2.45, 2.75) is 33.1 Å². The highest BCUT2D eigenvalue weighted by Gasteiger charge is 2.21. The number of hydrogen-bond acceptors (Lipinski definition) is 3. The van der Waals surface area contributed by atoms with Crippen molar-refractivity contribution in [1.29, 1.82) is 0 Å². The summed E-state index contributed by atoms with van der Waals surface area (Å²) in [5, 5.41) is 0. The van der Waals surface area contributed by atoms with Gasteiger partial charge in [-0.05, 0) is 51.3 Å². The summed E-state index contributed by atoms with van der Waals surface area (Å²) >= 11 is 0. The predicted octanol–water partition coefficient (Wildman–Crippen LogP) is 4.93. The molecule has 0 spiro atoms. The molecule has 1 aromatic carbocycles. The van der Waals surface area contributed by atoms with E-state index in [1.807, 2.05) is 13.8 Å². The summed E-state index contributed by atoms with van der Waals surface area (Å²) in [4.78, 5) is 14.9. The number of anilines is 1. The van der Waals surface area contributed by atoms with Crippen LogP contribution < -0.4 is 4.90 Å². The van der Waals surface area contributed by atoms with Crippen LogP contribution in [0.4, 0.5) is 14.6 Å². The summed E-state index contributed by atoms with van der Waals surface area (Å²) in [6.07, 6.45) is 3.55. The average Bonchev–Trinajstić information content (AvgIpc) is 2.94. The van der Waals surface area contributed by atoms with Gasteiger partial charge in [-0.1, -0.05) is 0 Å². The Hall–Kier alpha value is -2.21. The second-order valence-electron chi connectivity index (χ2n) is 6.62. The maximum absolute atomic E-state index is 13.7. The highest BCUT2D eigenvalue weighted by atomic mass is 35.5. The molecule has 138 valence electrons. The van der Waals surface area contributed by atoms with Gasteiger partial charge in [-0.3, -0.25) is 0 Å². The average molecular weight is 379 g/mol. The van der Waals surface area contributed by atoms with Crippen LogP contribution in [0.1, 0.15) is 30.7 Å². The van der Waals surface area contributed by atoms with Crippen molar-refractivity contribution in [3.8, 4) is 11.3 Å². The van der Waals surface area contributed by atoms with Gasteiger partial charge < -0.3 is 9.88 Å². The van der Waals surface area contributed by atoms with E-state index in [4.69, 9.17) is 0 Å². The highest BCUT2D eigenvalue weighted by molar-refractivity contribution is 5.94. The number of H-pyrrole nitrogens is 1. The molecule has 0 atom stereocenters. The van der Waals surface area contributed by atoms with Crippen molar-refractivity contribution in [3.63, 3.8) is 0 Å². The number of benzene rings is 1. The summed E-state index contributed by atoms with van der Waals surface area (Å²) in [5.74, 6) is -0.0811. The minimum Gasteiger partial charge on any atom is -0.355 e. The Morgan fingerprint density at radius 1 is 1.00 bits per heavy atom. The molecule has 1 saturated heterocycles. The summed E-state index contributed by atoms with van der Waals surface area (Å²) in [6, 6.07) is 3.95. The molecular weight excluding hydrogens is 358 g/mol. The predicted molar refractivity (Wildman–Crippen MR) is 102 cm³/mol. The lowest BCUT2D eigenvalue weighted by Crippen LogP contribution is -2.30. The molecule has 4 rings (SSSR count). The van der Waals surface area contributed by atoms with Crippen LogP contribution in [0.2, 0.25) is 0 Å². The second kappa shape index (κ2) is 7.19. The molecule has 0 aliphatic carbocycles. The SMILES string of the molecule is Cc1nc(N2CCCCC2)c2[nH]c(-c3ccc(F)c(F)c3)c(C)c2n1.Cl. The van der Waals surface area contributed by atoms with Crippen LogP contribution in [-0.2, 0) is 0 Å². The molecular formula is C19H21ClF2N4. The third-order valence-corrected chi connectivity index (χ3v) is 4.85. The van der Waals surface area contributed by atoms with Gasteiger partial charge in [-0.2, -0.15) is 0 Å². The van der Waals surface area contributed by atoms with Crippen LogP contribution in [0.5, 0.6) is 0 Å². The number of halogens is 3. The van der Waals surface area contributed by atoms with Crippen molar-refractivity contribution in [1.82, 2.24) is 15.0 Å². The molecule has 7 heteroatoms. The van der Waals surface area contributed by atoms with Crippen molar-refractivity contribution in [3.05, 3.63) is 41.2 Å². The summed E-state index contributed by atoms with van der Waals surface area (Å²) in [7, 11) is 0. The van der Waals surface area contributed by atoms with E-state index in [9.17, 15) is 8.78 Å². The van der Waals surface area contributed by atoms with Crippen LogP contribution in [0, 0.1) is 25.5 Å². The number of rotatable bonds is 2. The van der Waals surface area contributed by atoms with Crippen LogP contribution >= 0.6 is 12.4 Å². The fourth-order valence-corrected chi connectivity index (χ4v) is 3.56. The quantitative estimate of drug-likeness (QED) is 0.687. The first kappa shape index (κ1) is 18.6. The van der Waals surface area contributed by atoms with Crippen molar-refractivity contribution in [2.24, 2.45) is 0 Å². The van der Waals surface area contributed by atoms with E-state index in [-0.39, 0.29) is 12.4 Å². The molecule has 4 nitrogen and oxygen atoms in total. The minimum atomic E-state index is -0.853. The first-order valence-electron chi connectivity index (χ1n) is 8.62. The normalized spacial score (nSPS) is 14.5. The van der Waals surface area contributed by atoms with E-state index in [0.29, 0.717) is 11.4 Å². The first-order valence-corrected chi connectivity index (χ1v) is 8.62. The van der Waals surface area contributed by atoms with Gasteiger partial charge in [0.2, 0.25) is 0 Å². The molecule has 0 radical (unpaired) electrons. The number of aromatic amines is 1. The van der Waals surface area contributed by atoms with Gasteiger partial charge in [-0.15, -0.1) is 12.4 Å². The molecule has 1 aliphatic rings. The largest absolute Gasteiger partial charge is 0.355 e. The molecule has 2 aromatic heterocycles. The zero-order chi connectivity index (χ0) is 17.6. The number of aromatic nitrogens is 3. The van der Waals surface area contributed by atoms with E-state index < -0.39 is 11.6 Å². The second-order valence-corrected chi connectivity index (χ2v) is 6.62. The van der Waals surface area contributed by atoms with Gasteiger partial charge in [-0.25, -0.2) is 18.7 Å². The minimum absolute atomic E-state index is 0. The molecule has 1 aliphatic heterocycles. The molecule has 0 saturated carbocycles. The van der Waals surface area contributed by atoms with E-state index in [0.717, 1.165) is 60.1 Å². The summed E-state index contributed by atoms with van der Waals surface area (Å²) < 4.78 is 26.9. The first-order chi connectivity index (χ1) is 12.0. The fraction of sp³-hybridized carbons (Fsp3) is 0.368. The van der Waals surface area contributed by atoms with Crippen LogP contribution in [-0.4, -0.2) is 28.0 Å². The zero-order valence-electron chi connectivity index (χ0n) is 14.8. The molecule has 26 heavy (non-hydrogen) atoms. The Morgan fingerprint density at radius 2 is 1.73 bits per heavy atom. The van der Waals surface area contributed by atoms with E-state index in [1.165, 1.54) is 12.5 Å². The number of piperidine rings is 1. The van der Waals surface area contributed by atoms with Crippen molar-refractivity contribution in [2.75, 3.05) is 18.0 Å². The molecule has 1 fully saturated rings. The van der Waals surface area contributed by atoms with E-state index in [2.05, 4.69) is 19.9 Å². The molecule has 3 aromatic rings. The number of fused-ring (bicyclic) bond motifs is 1. The van der Waals surface area contributed by atoms with Gasteiger partial charge in [0.25, 0.3) is 0 Å². The highest BCUT2D eigenvalue weighted by Crippen LogP contribution is 2.34. The Labute approximate surface area is 157 Å². The van der Waals surface area contributed by atoms with Crippen molar-refractivity contribution < 1.29 is 8.78 Å². The molecule has 0 unspecified atom stereocenters. The van der Waals surface area contributed by atoms with Crippen LogP contribution in [0.3, 0.4) is 0 Å². The Bertz CT molecular complexity index is 948. The summed E-state index contributed by atoms with van der Waals surface area (Å²) in [6.45, 7) is 5.78. The number of hydrogen-bond donors (Lipinski definition) is 1. The lowest BCUT2D eigenvalue weighted by atomic mass is 10.1. The van der Waals surface area contributed by atoms with Crippen LogP contribution in [0.25, 0.3) is 22.3 Å². The monoisotopic (exact) mass is 378 g/mol. The van der Waals surface area contributed by atoms with E-state index in [1.54, 1.807) is 6.07 Å². The molecule has 0 bridgehead atoms. The van der Waals surface area contributed by atoms with Gasteiger partial charge in [0.1, 0.15) is 11.3 Å². The Morgan fingerprint density at radius 3 is 2.42 bits per heavy atom. The number of nitrogens with zero attached hydrogens (tertiary/aromatic N) is 3. The van der Waals surface area contributed by atoms with Crippen LogP contribution in [0.15, 0.2) is 18.2 Å². The topological polar surface area (TPSA) is 44.8 Å². The Balaban J connectivity index is 0.00000196. The Kier molecular flexibility index (Phi) is 5.14. The third-order valence-electron chi connectivity index (χ3n) is 4.85. The maximum Gasteiger partial charge on any atom is 0.159 e. The molecule has 1 N–H and O–H groups in total. The summed E-state index contributed by atoms with van der Waals surface area (Å²) in [5.41, 5.74) is 3.99. The lowest BCUT2D eigenvalue weighted by molar-refractivity contribution is 0.509. The van der Waals surface area contributed by atoms with Gasteiger partial charge in [0.15, 0.2) is 17.5 Å².